The van der Waals surface area contributed by atoms with Gasteiger partial charge in [0.2, 0.25) is 0 Å². The van der Waals surface area contributed by atoms with E-state index in [9.17, 15) is 4.39 Å². The van der Waals surface area contributed by atoms with Crippen LogP contribution >= 0.6 is 57.4 Å². The molecule has 0 spiro atoms. The van der Waals surface area contributed by atoms with Crippen molar-refractivity contribution >= 4 is 57.4 Å². The summed E-state index contributed by atoms with van der Waals surface area (Å²) in [5.74, 6) is -0.338. The van der Waals surface area contributed by atoms with Crippen LogP contribution < -0.4 is 0 Å². The molecule has 0 saturated heterocycles. The maximum atomic E-state index is 13.7. The predicted octanol–water partition coefficient (Wildman–Crippen LogP) is 6.26. The first kappa shape index (κ1) is 15.4. The Balaban J connectivity index is 2.31. The molecule has 0 radical (unpaired) electrons. The molecule has 2 aromatic carbocycles. The van der Waals surface area contributed by atoms with Crippen molar-refractivity contribution in [2.75, 3.05) is 0 Å². The maximum Gasteiger partial charge on any atom is 0.127 e. The van der Waals surface area contributed by atoms with Gasteiger partial charge in [-0.2, -0.15) is 0 Å². The van der Waals surface area contributed by atoms with Gasteiger partial charge in [-0.25, -0.2) is 4.39 Å². The Morgan fingerprint density at radius 3 is 2.58 bits per heavy atom. The molecule has 5 heteroatoms. The molecular weight excluding hydrogens is 420 g/mol. The van der Waals surface area contributed by atoms with Gasteiger partial charge in [-0.1, -0.05) is 29.3 Å². The minimum Gasteiger partial charge on any atom is -0.207 e. The minimum absolute atomic E-state index is 0.323. The van der Waals surface area contributed by atoms with Gasteiger partial charge in [-0.05, 0) is 64.9 Å². The van der Waals surface area contributed by atoms with Gasteiger partial charge in [-0.3, -0.25) is 0 Å². The molecule has 19 heavy (non-hydrogen) atoms. The van der Waals surface area contributed by atoms with E-state index in [0.717, 1.165) is 9.13 Å². The van der Waals surface area contributed by atoms with Crippen LogP contribution in [0.2, 0.25) is 10.0 Å². The summed E-state index contributed by atoms with van der Waals surface area (Å²) in [4.78, 5) is 0. The van der Waals surface area contributed by atoms with Crippen LogP contribution in [0.4, 0.5) is 4.39 Å². The molecule has 100 valence electrons. The van der Waals surface area contributed by atoms with Gasteiger partial charge in [0.15, 0.2) is 0 Å². The van der Waals surface area contributed by atoms with E-state index in [0.29, 0.717) is 22.0 Å². The highest BCUT2D eigenvalue weighted by atomic mass is 127. The lowest BCUT2D eigenvalue weighted by Crippen LogP contribution is -2.01. The monoisotopic (exact) mass is 428 g/mol. The smallest absolute Gasteiger partial charge is 0.127 e. The van der Waals surface area contributed by atoms with Gasteiger partial charge in [0, 0.05) is 19.2 Å². The van der Waals surface area contributed by atoms with E-state index >= 15 is 0 Å². The second-order valence-corrected chi connectivity index (χ2v) is 6.57. The van der Waals surface area contributed by atoms with E-state index in [-0.39, 0.29) is 11.2 Å². The van der Waals surface area contributed by atoms with Crippen molar-refractivity contribution in [1.29, 1.82) is 0 Å². The van der Waals surface area contributed by atoms with Crippen LogP contribution in [0.5, 0.6) is 0 Å². The van der Waals surface area contributed by atoms with Crippen LogP contribution in [0.1, 0.15) is 16.5 Å². The SMILES string of the molecule is Fc1cccc(Cl)c1CC(Cl)c1cc(Cl)ccc1I. The maximum absolute atomic E-state index is 13.7. The van der Waals surface area contributed by atoms with E-state index in [1.54, 1.807) is 24.3 Å². The van der Waals surface area contributed by atoms with E-state index in [1.165, 1.54) is 6.07 Å². The molecule has 0 heterocycles. The molecule has 1 unspecified atom stereocenters. The van der Waals surface area contributed by atoms with Crippen molar-refractivity contribution in [2.24, 2.45) is 0 Å². The molecule has 0 aliphatic carbocycles. The highest BCUT2D eigenvalue weighted by Gasteiger charge is 2.17. The minimum atomic E-state index is -0.375. The molecule has 2 aromatic rings. The normalized spacial score (nSPS) is 12.5. The Morgan fingerprint density at radius 2 is 1.89 bits per heavy atom. The first-order chi connectivity index (χ1) is 8.99. The number of alkyl halides is 1. The summed E-state index contributed by atoms with van der Waals surface area (Å²) in [7, 11) is 0. The summed E-state index contributed by atoms with van der Waals surface area (Å²) in [5, 5.41) is 0.628. The van der Waals surface area contributed by atoms with Crippen LogP contribution in [-0.4, -0.2) is 0 Å². The highest BCUT2D eigenvalue weighted by Crippen LogP contribution is 2.33. The van der Waals surface area contributed by atoms with Crippen LogP contribution in [0.3, 0.4) is 0 Å². The first-order valence-electron chi connectivity index (χ1n) is 5.51. The fraction of sp³-hybridized carbons (Fsp3) is 0.143. The number of benzene rings is 2. The van der Waals surface area contributed by atoms with Gasteiger partial charge in [-0.15, -0.1) is 11.6 Å². The van der Waals surface area contributed by atoms with Gasteiger partial charge >= 0.3 is 0 Å². The molecule has 2 rings (SSSR count). The Kier molecular flexibility index (Phi) is 5.35. The second kappa shape index (κ2) is 6.61. The van der Waals surface area contributed by atoms with Crippen molar-refractivity contribution in [3.63, 3.8) is 0 Å². The zero-order valence-corrected chi connectivity index (χ0v) is 14.1. The molecule has 0 N–H and O–H groups in total. The van der Waals surface area contributed by atoms with Crippen LogP contribution in [-0.2, 0) is 6.42 Å². The molecule has 0 aliphatic heterocycles. The predicted molar refractivity (Wildman–Crippen MR) is 87.9 cm³/mol. The van der Waals surface area contributed by atoms with Gasteiger partial charge in [0.05, 0.1) is 5.38 Å². The molecule has 0 aromatic heterocycles. The average Bonchev–Trinajstić information content (AvgIpc) is 2.37. The lowest BCUT2D eigenvalue weighted by molar-refractivity contribution is 0.607. The quantitative estimate of drug-likeness (QED) is 0.399. The fourth-order valence-corrected chi connectivity index (χ4v) is 3.42. The Labute approximate surface area is 140 Å². The largest absolute Gasteiger partial charge is 0.207 e. The standard InChI is InChI=1S/C14H9Cl3FI/c15-8-4-5-14(19)10(6-8)12(17)7-9-11(16)2-1-3-13(9)18/h1-6,12H,7H2. The van der Waals surface area contributed by atoms with Crippen molar-refractivity contribution in [1.82, 2.24) is 0 Å². The first-order valence-corrected chi connectivity index (χ1v) is 7.78. The Morgan fingerprint density at radius 1 is 1.16 bits per heavy atom. The van der Waals surface area contributed by atoms with Crippen LogP contribution in [0.25, 0.3) is 0 Å². The van der Waals surface area contributed by atoms with Crippen LogP contribution in [0.15, 0.2) is 36.4 Å². The fourth-order valence-electron chi connectivity index (χ4n) is 1.77. The van der Waals surface area contributed by atoms with Crippen molar-refractivity contribution < 1.29 is 4.39 Å². The van der Waals surface area contributed by atoms with Gasteiger partial charge in [0.1, 0.15) is 5.82 Å². The number of rotatable bonds is 3. The van der Waals surface area contributed by atoms with E-state index < -0.39 is 0 Å². The topological polar surface area (TPSA) is 0 Å². The van der Waals surface area contributed by atoms with Crippen molar-refractivity contribution in [2.45, 2.75) is 11.8 Å². The summed E-state index contributed by atoms with van der Waals surface area (Å²) in [6.07, 6.45) is 0.323. The zero-order chi connectivity index (χ0) is 14.0. The van der Waals surface area contributed by atoms with E-state index in [2.05, 4.69) is 22.6 Å². The number of halogens is 5. The van der Waals surface area contributed by atoms with E-state index in [1.807, 2.05) is 6.07 Å². The number of hydrogen-bond donors (Lipinski definition) is 0. The lowest BCUT2D eigenvalue weighted by Gasteiger charge is -2.14. The molecule has 0 bridgehead atoms. The van der Waals surface area contributed by atoms with Gasteiger partial charge < -0.3 is 0 Å². The molecule has 0 fully saturated rings. The number of hydrogen-bond acceptors (Lipinski definition) is 0. The zero-order valence-electron chi connectivity index (χ0n) is 9.64. The molecule has 0 aliphatic rings. The summed E-state index contributed by atoms with van der Waals surface area (Å²) >= 11 is 20.5. The van der Waals surface area contributed by atoms with Crippen molar-refractivity contribution in [3.8, 4) is 0 Å². The summed E-state index contributed by atoms with van der Waals surface area (Å²) in [5.41, 5.74) is 1.31. The Hall–Kier alpha value is -0.0300. The molecular formula is C14H9Cl3FI. The molecule has 0 nitrogen and oxygen atoms in total. The second-order valence-electron chi connectivity index (χ2n) is 4.04. The van der Waals surface area contributed by atoms with Crippen LogP contribution in [0, 0.1) is 9.39 Å². The third kappa shape index (κ3) is 3.75. The molecule has 0 amide bonds. The molecule has 1 atom stereocenters. The summed E-state index contributed by atoms with van der Waals surface area (Å²) < 4.78 is 14.7. The van der Waals surface area contributed by atoms with Crippen molar-refractivity contribution in [3.05, 3.63) is 67.0 Å². The van der Waals surface area contributed by atoms with Gasteiger partial charge in [0.25, 0.3) is 0 Å². The van der Waals surface area contributed by atoms with E-state index in [4.69, 9.17) is 34.8 Å². The summed E-state index contributed by atoms with van der Waals surface area (Å²) in [6.45, 7) is 0. The third-order valence-corrected chi connectivity index (χ3v) is 4.70. The Bertz CT molecular complexity index is 581. The molecule has 0 saturated carbocycles. The average molecular weight is 429 g/mol. The summed E-state index contributed by atoms with van der Waals surface area (Å²) in [6, 6.07) is 10.1. The highest BCUT2D eigenvalue weighted by molar-refractivity contribution is 14.1. The lowest BCUT2D eigenvalue weighted by atomic mass is 10.0. The third-order valence-electron chi connectivity index (χ3n) is 2.74.